The molecule has 3 N–H and O–H groups in total. The second-order valence-corrected chi connectivity index (χ2v) is 8.64. The number of hydrogen-bond acceptors (Lipinski definition) is 7. The third-order valence-corrected chi connectivity index (χ3v) is 3.50. The monoisotopic (exact) mass is 408 g/mol. The van der Waals surface area contributed by atoms with E-state index in [1.165, 1.54) is 0 Å². The fraction of sp³-hybridized carbons (Fsp3) is 0.571. The van der Waals surface area contributed by atoms with Crippen molar-refractivity contribution in [1.29, 1.82) is 0 Å². The maximum absolute atomic E-state index is 12.6. The smallest absolute Gasteiger partial charge is 0.407 e. The van der Waals surface area contributed by atoms with Crippen molar-refractivity contribution in [1.82, 2.24) is 5.32 Å². The van der Waals surface area contributed by atoms with Crippen LogP contribution >= 0.6 is 0 Å². The van der Waals surface area contributed by atoms with Crippen molar-refractivity contribution in [2.45, 2.75) is 65.4 Å². The van der Waals surface area contributed by atoms with Gasteiger partial charge in [0.15, 0.2) is 0 Å². The molecule has 8 heteroatoms. The Bertz CT molecular complexity index is 691. The number of alkyl carbamates (subject to hydrolysis) is 1. The molecule has 0 saturated carbocycles. The summed E-state index contributed by atoms with van der Waals surface area (Å²) in [4.78, 5) is 36.9. The van der Waals surface area contributed by atoms with Gasteiger partial charge < -0.3 is 25.3 Å². The van der Waals surface area contributed by atoms with Gasteiger partial charge in [0.05, 0.1) is 0 Å². The number of esters is 2. The average molecular weight is 408 g/mol. The number of hydrogen-bond donors (Lipinski definition) is 2. The van der Waals surface area contributed by atoms with E-state index in [0.717, 1.165) is 5.56 Å². The van der Waals surface area contributed by atoms with Crippen LogP contribution in [0, 0.1) is 5.92 Å². The van der Waals surface area contributed by atoms with E-state index < -0.39 is 41.2 Å². The standard InChI is InChI=1S/C21H32N2O6/c1-20(2,3)28-18(25)16(22)15(12-23-19(26)29-21(4,5)6)17(24)27-13-14-10-8-7-9-11-14/h7-11,15-16H,12-13,22H2,1-6H3,(H,23,26). The highest BCUT2D eigenvalue weighted by atomic mass is 16.6. The summed E-state index contributed by atoms with van der Waals surface area (Å²) in [5.74, 6) is -2.62. The molecule has 0 fully saturated rings. The van der Waals surface area contributed by atoms with Crippen molar-refractivity contribution >= 4 is 18.0 Å². The van der Waals surface area contributed by atoms with Crippen molar-refractivity contribution < 1.29 is 28.6 Å². The average Bonchev–Trinajstić information content (AvgIpc) is 2.57. The predicted octanol–water partition coefficient (Wildman–Crippen LogP) is 2.54. The molecule has 0 spiro atoms. The lowest BCUT2D eigenvalue weighted by Gasteiger charge is -2.26. The molecule has 0 aromatic heterocycles. The molecule has 1 aromatic rings. The normalized spacial score (nSPS) is 13.8. The van der Waals surface area contributed by atoms with Crippen LogP contribution in [-0.2, 0) is 30.4 Å². The highest BCUT2D eigenvalue weighted by Crippen LogP contribution is 2.14. The number of carbonyl (C=O) groups is 3. The molecule has 0 aliphatic rings. The number of nitrogens with two attached hydrogens (primary N) is 1. The molecule has 162 valence electrons. The first kappa shape index (κ1) is 24.4. The first-order valence-corrected chi connectivity index (χ1v) is 9.44. The van der Waals surface area contributed by atoms with E-state index in [2.05, 4.69) is 5.32 Å². The van der Waals surface area contributed by atoms with Crippen LogP contribution in [-0.4, -0.2) is 41.8 Å². The molecule has 0 saturated heterocycles. The quantitative estimate of drug-likeness (QED) is 0.526. The van der Waals surface area contributed by atoms with E-state index in [-0.39, 0.29) is 13.2 Å². The minimum Gasteiger partial charge on any atom is -0.460 e. The molecule has 1 amide bonds. The van der Waals surface area contributed by atoms with Crippen LogP contribution in [0.25, 0.3) is 0 Å². The fourth-order valence-corrected chi connectivity index (χ4v) is 2.23. The molecule has 0 heterocycles. The van der Waals surface area contributed by atoms with Crippen molar-refractivity contribution in [2.75, 3.05) is 6.54 Å². The highest BCUT2D eigenvalue weighted by molar-refractivity contribution is 5.85. The number of nitrogens with one attached hydrogen (secondary N) is 1. The predicted molar refractivity (Wildman–Crippen MR) is 108 cm³/mol. The molecule has 29 heavy (non-hydrogen) atoms. The first-order valence-electron chi connectivity index (χ1n) is 9.44. The van der Waals surface area contributed by atoms with Crippen LogP contribution in [0.4, 0.5) is 4.79 Å². The number of benzene rings is 1. The van der Waals surface area contributed by atoms with E-state index in [1.807, 2.05) is 18.2 Å². The van der Waals surface area contributed by atoms with Crippen LogP contribution in [0.1, 0.15) is 47.1 Å². The van der Waals surface area contributed by atoms with Gasteiger partial charge in [0, 0.05) is 6.54 Å². The molecule has 1 rings (SSSR count). The Hall–Kier alpha value is -2.61. The molecule has 2 atom stereocenters. The summed E-state index contributed by atoms with van der Waals surface area (Å²) in [6.45, 7) is 10.0. The largest absolute Gasteiger partial charge is 0.460 e. The molecule has 1 aromatic carbocycles. The second kappa shape index (κ2) is 10.2. The Labute approximate surface area is 172 Å². The van der Waals surface area contributed by atoms with Gasteiger partial charge in [-0.05, 0) is 47.1 Å². The van der Waals surface area contributed by atoms with Gasteiger partial charge in [0.1, 0.15) is 29.8 Å². The number of carbonyl (C=O) groups excluding carboxylic acids is 3. The Morgan fingerprint density at radius 3 is 2.00 bits per heavy atom. The zero-order valence-electron chi connectivity index (χ0n) is 18.0. The summed E-state index contributed by atoms with van der Waals surface area (Å²) in [7, 11) is 0. The maximum atomic E-state index is 12.6. The molecule has 8 nitrogen and oxygen atoms in total. The van der Waals surface area contributed by atoms with Gasteiger partial charge in [0.2, 0.25) is 0 Å². The lowest BCUT2D eigenvalue weighted by atomic mass is 10.00. The molecule has 2 unspecified atom stereocenters. The van der Waals surface area contributed by atoms with Gasteiger partial charge >= 0.3 is 18.0 Å². The molecule has 0 aliphatic heterocycles. The highest BCUT2D eigenvalue weighted by Gasteiger charge is 2.35. The van der Waals surface area contributed by atoms with E-state index in [0.29, 0.717) is 0 Å². The Balaban J connectivity index is 2.84. The van der Waals surface area contributed by atoms with E-state index >= 15 is 0 Å². The van der Waals surface area contributed by atoms with Gasteiger partial charge in [0.25, 0.3) is 0 Å². The SMILES string of the molecule is CC(C)(C)OC(=O)NCC(C(=O)OCc1ccccc1)C(N)C(=O)OC(C)(C)C. The van der Waals surface area contributed by atoms with Gasteiger partial charge in [-0.2, -0.15) is 0 Å². The third kappa shape index (κ3) is 9.94. The maximum Gasteiger partial charge on any atom is 0.407 e. The lowest BCUT2D eigenvalue weighted by Crippen LogP contribution is -2.50. The summed E-state index contributed by atoms with van der Waals surface area (Å²) in [6, 6.07) is 7.77. The van der Waals surface area contributed by atoms with Crippen LogP contribution < -0.4 is 11.1 Å². The lowest BCUT2D eigenvalue weighted by molar-refractivity contribution is -0.164. The summed E-state index contributed by atoms with van der Waals surface area (Å²) < 4.78 is 15.7. The third-order valence-electron chi connectivity index (χ3n) is 3.50. The number of ether oxygens (including phenoxy) is 3. The molecular formula is C21H32N2O6. The summed E-state index contributed by atoms with van der Waals surface area (Å²) in [5.41, 5.74) is 5.29. The summed E-state index contributed by atoms with van der Waals surface area (Å²) >= 11 is 0. The molecule has 0 bridgehead atoms. The van der Waals surface area contributed by atoms with Gasteiger partial charge in [-0.3, -0.25) is 9.59 Å². The van der Waals surface area contributed by atoms with Crippen molar-refractivity contribution in [3.05, 3.63) is 35.9 Å². The van der Waals surface area contributed by atoms with Crippen molar-refractivity contribution in [2.24, 2.45) is 11.7 Å². The van der Waals surface area contributed by atoms with Crippen molar-refractivity contribution in [3.8, 4) is 0 Å². The van der Waals surface area contributed by atoms with E-state index in [4.69, 9.17) is 19.9 Å². The fourth-order valence-electron chi connectivity index (χ4n) is 2.23. The Morgan fingerprint density at radius 1 is 0.931 bits per heavy atom. The zero-order chi connectivity index (χ0) is 22.2. The van der Waals surface area contributed by atoms with Crippen LogP contribution in [0.3, 0.4) is 0 Å². The van der Waals surface area contributed by atoms with Gasteiger partial charge in [-0.15, -0.1) is 0 Å². The summed E-state index contributed by atoms with van der Waals surface area (Å²) in [6.07, 6.45) is -0.727. The van der Waals surface area contributed by atoms with Crippen molar-refractivity contribution in [3.63, 3.8) is 0 Å². The van der Waals surface area contributed by atoms with Gasteiger partial charge in [-0.1, -0.05) is 30.3 Å². The Morgan fingerprint density at radius 2 is 1.48 bits per heavy atom. The minimum atomic E-state index is -1.31. The van der Waals surface area contributed by atoms with E-state index in [1.54, 1.807) is 53.7 Å². The second-order valence-electron chi connectivity index (χ2n) is 8.64. The van der Waals surface area contributed by atoms with Crippen LogP contribution in [0.15, 0.2) is 30.3 Å². The van der Waals surface area contributed by atoms with Crippen LogP contribution in [0.5, 0.6) is 0 Å². The van der Waals surface area contributed by atoms with Crippen LogP contribution in [0.2, 0.25) is 0 Å². The summed E-state index contributed by atoms with van der Waals surface area (Å²) in [5, 5.41) is 2.47. The number of amides is 1. The number of rotatable bonds is 7. The molecule has 0 aliphatic carbocycles. The Kier molecular flexibility index (Phi) is 8.63. The minimum absolute atomic E-state index is 0.0175. The zero-order valence-corrected chi connectivity index (χ0v) is 18.0. The van der Waals surface area contributed by atoms with E-state index in [9.17, 15) is 14.4 Å². The first-order chi connectivity index (χ1) is 13.3. The van der Waals surface area contributed by atoms with Gasteiger partial charge in [-0.25, -0.2) is 4.79 Å². The molecule has 0 radical (unpaired) electrons. The molecular weight excluding hydrogens is 376 g/mol. The topological polar surface area (TPSA) is 117 Å².